The van der Waals surface area contributed by atoms with Gasteiger partial charge in [0.25, 0.3) is 0 Å². The highest BCUT2D eigenvalue weighted by molar-refractivity contribution is 5.49. The van der Waals surface area contributed by atoms with Crippen LogP contribution >= 0.6 is 0 Å². The van der Waals surface area contributed by atoms with Gasteiger partial charge < -0.3 is 4.74 Å². The molecule has 1 aromatic rings. The zero-order valence-electron chi connectivity index (χ0n) is 8.55. The Labute approximate surface area is 79.7 Å². The fourth-order valence-electron chi connectivity index (χ4n) is 2.09. The van der Waals surface area contributed by atoms with Crippen molar-refractivity contribution < 1.29 is 4.74 Å². The van der Waals surface area contributed by atoms with E-state index >= 15 is 0 Å². The van der Waals surface area contributed by atoms with Crippen LogP contribution in [-0.2, 0) is 6.42 Å². The van der Waals surface area contributed by atoms with Crippen LogP contribution in [0, 0.1) is 6.92 Å². The van der Waals surface area contributed by atoms with Crippen molar-refractivity contribution in [3.63, 3.8) is 0 Å². The number of ether oxygens (including phenoxy) is 1. The third-order valence-electron chi connectivity index (χ3n) is 2.69. The van der Waals surface area contributed by atoms with Gasteiger partial charge in [0.2, 0.25) is 0 Å². The average molecular weight is 176 g/mol. The third kappa shape index (κ3) is 1.32. The summed E-state index contributed by atoms with van der Waals surface area (Å²) in [4.78, 5) is 0. The molecule has 0 saturated carbocycles. The van der Waals surface area contributed by atoms with Crippen molar-refractivity contribution in [2.24, 2.45) is 0 Å². The van der Waals surface area contributed by atoms with Crippen molar-refractivity contribution in [1.82, 2.24) is 0 Å². The van der Waals surface area contributed by atoms with E-state index in [0.29, 0.717) is 5.92 Å². The zero-order valence-corrected chi connectivity index (χ0v) is 8.55. The van der Waals surface area contributed by atoms with E-state index < -0.39 is 0 Å². The average Bonchev–Trinajstić information content (AvgIpc) is 2.50. The molecule has 0 bridgehead atoms. The molecule has 13 heavy (non-hydrogen) atoms. The molecule has 0 atom stereocenters. The van der Waals surface area contributed by atoms with Gasteiger partial charge in [0.1, 0.15) is 5.75 Å². The largest absolute Gasteiger partial charge is 0.493 e. The van der Waals surface area contributed by atoms with Crippen LogP contribution in [0.15, 0.2) is 12.1 Å². The van der Waals surface area contributed by atoms with Crippen LogP contribution in [0.1, 0.15) is 36.5 Å². The Bertz CT molecular complexity index is 326. The molecule has 0 N–H and O–H groups in total. The summed E-state index contributed by atoms with van der Waals surface area (Å²) in [5.74, 6) is 1.73. The molecule has 1 aromatic carbocycles. The normalized spacial score (nSPS) is 14.5. The quantitative estimate of drug-likeness (QED) is 0.639. The highest BCUT2D eigenvalue weighted by atomic mass is 16.5. The summed E-state index contributed by atoms with van der Waals surface area (Å²) in [5.41, 5.74) is 4.14. The highest BCUT2D eigenvalue weighted by Crippen LogP contribution is 2.36. The molecular formula is C12H16O. The number of fused-ring (bicyclic) bond motifs is 1. The summed E-state index contributed by atoms with van der Waals surface area (Å²) in [7, 11) is 0. The van der Waals surface area contributed by atoms with Crippen LogP contribution in [0.25, 0.3) is 0 Å². The number of aryl methyl sites for hydroxylation is 1. The van der Waals surface area contributed by atoms with Gasteiger partial charge in [-0.3, -0.25) is 0 Å². The van der Waals surface area contributed by atoms with Gasteiger partial charge in [-0.1, -0.05) is 26.0 Å². The minimum absolute atomic E-state index is 0.563. The predicted molar refractivity (Wildman–Crippen MR) is 54.5 cm³/mol. The Hall–Kier alpha value is -0.980. The zero-order chi connectivity index (χ0) is 9.42. The fourth-order valence-corrected chi connectivity index (χ4v) is 2.09. The lowest BCUT2D eigenvalue weighted by atomic mass is 9.94. The second-order valence-corrected chi connectivity index (χ2v) is 4.04. The molecule has 1 nitrogen and oxygen atoms in total. The van der Waals surface area contributed by atoms with Crippen molar-refractivity contribution >= 4 is 0 Å². The first-order chi connectivity index (χ1) is 6.20. The van der Waals surface area contributed by atoms with Crippen molar-refractivity contribution in [3.05, 3.63) is 28.8 Å². The van der Waals surface area contributed by atoms with Gasteiger partial charge in [0.15, 0.2) is 0 Å². The maximum absolute atomic E-state index is 5.67. The summed E-state index contributed by atoms with van der Waals surface area (Å²) >= 11 is 0. The molecule has 2 rings (SSSR count). The van der Waals surface area contributed by atoms with Crippen LogP contribution in [0.3, 0.4) is 0 Å². The maximum atomic E-state index is 5.67. The minimum atomic E-state index is 0.563. The maximum Gasteiger partial charge on any atom is 0.126 e. The highest BCUT2D eigenvalue weighted by Gasteiger charge is 2.19. The predicted octanol–water partition coefficient (Wildman–Crippen LogP) is 3.05. The van der Waals surface area contributed by atoms with Gasteiger partial charge in [-0.05, 0) is 29.5 Å². The lowest BCUT2D eigenvalue weighted by Gasteiger charge is -2.14. The lowest BCUT2D eigenvalue weighted by molar-refractivity contribution is 0.352. The van der Waals surface area contributed by atoms with Gasteiger partial charge in [-0.25, -0.2) is 0 Å². The van der Waals surface area contributed by atoms with Crippen LogP contribution < -0.4 is 4.74 Å². The molecule has 1 heterocycles. The Kier molecular flexibility index (Phi) is 2.03. The Morgan fingerprint density at radius 2 is 2.08 bits per heavy atom. The van der Waals surface area contributed by atoms with Crippen molar-refractivity contribution in [2.45, 2.75) is 33.1 Å². The summed E-state index contributed by atoms with van der Waals surface area (Å²) < 4.78 is 5.67. The van der Waals surface area contributed by atoms with Crippen LogP contribution in [0.5, 0.6) is 5.75 Å². The first kappa shape index (κ1) is 8.61. The molecule has 0 saturated heterocycles. The molecule has 0 unspecified atom stereocenters. The van der Waals surface area contributed by atoms with Crippen molar-refractivity contribution in [1.29, 1.82) is 0 Å². The molecular weight excluding hydrogens is 160 g/mol. The number of hydrogen-bond acceptors (Lipinski definition) is 1. The van der Waals surface area contributed by atoms with Crippen molar-refractivity contribution in [3.8, 4) is 5.75 Å². The molecule has 0 aliphatic carbocycles. The topological polar surface area (TPSA) is 9.23 Å². The Balaban J connectivity index is 2.58. The van der Waals surface area contributed by atoms with E-state index in [9.17, 15) is 0 Å². The molecule has 0 spiro atoms. The molecule has 1 aliphatic heterocycles. The lowest BCUT2D eigenvalue weighted by Crippen LogP contribution is -1.96. The van der Waals surface area contributed by atoms with E-state index in [0.717, 1.165) is 18.8 Å². The monoisotopic (exact) mass is 176 g/mol. The summed E-state index contributed by atoms with van der Waals surface area (Å²) in [6.45, 7) is 7.48. The summed E-state index contributed by atoms with van der Waals surface area (Å²) in [5, 5.41) is 0. The van der Waals surface area contributed by atoms with E-state index in [1.807, 2.05) is 0 Å². The minimum Gasteiger partial charge on any atom is -0.493 e. The van der Waals surface area contributed by atoms with Gasteiger partial charge in [-0.15, -0.1) is 0 Å². The van der Waals surface area contributed by atoms with Crippen LogP contribution in [0.2, 0.25) is 0 Å². The molecule has 1 aliphatic rings. The SMILES string of the molecule is Cc1ccc2c(c1C(C)C)OCC2. The molecule has 70 valence electrons. The van der Waals surface area contributed by atoms with E-state index in [1.165, 1.54) is 16.7 Å². The number of rotatable bonds is 1. The Morgan fingerprint density at radius 3 is 2.77 bits per heavy atom. The van der Waals surface area contributed by atoms with E-state index in [2.05, 4.69) is 32.9 Å². The van der Waals surface area contributed by atoms with Gasteiger partial charge in [0, 0.05) is 6.42 Å². The molecule has 0 fully saturated rings. The van der Waals surface area contributed by atoms with E-state index in [4.69, 9.17) is 4.74 Å². The summed E-state index contributed by atoms with van der Waals surface area (Å²) in [6, 6.07) is 4.41. The molecule has 0 aromatic heterocycles. The van der Waals surface area contributed by atoms with Gasteiger partial charge >= 0.3 is 0 Å². The molecule has 1 heteroatoms. The first-order valence-electron chi connectivity index (χ1n) is 4.95. The molecule has 0 amide bonds. The van der Waals surface area contributed by atoms with Crippen molar-refractivity contribution in [2.75, 3.05) is 6.61 Å². The second-order valence-electron chi connectivity index (χ2n) is 4.04. The third-order valence-corrected chi connectivity index (χ3v) is 2.69. The van der Waals surface area contributed by atoms with Gasteiger partial charge in [-0.2, -0.15) is 0 Å². The Morgan fingerprint density at radius 1 is 1.31 bits per heavy atom. The van der Waals surface area contributed by atoms with Crippen LogP contribution in [-0.4, -0.2) is 6.61 Å². The second kappa shape index (κ2) is 3.06. The van der Waals surface area contributed by atoms with E-state index in [1.54, 1.807) is 0 Å². The van der Waals surface area contributed by atoms with Gasteiger partial charge in [0.05, 0.1) is 6.61 Å². The first-order valence-corrected chi connectivity index (χ1v) is 4.95. The number of hydrogen-bond donors (Lipinski definition) is 0. The molecule has 0 radical (unpaired) electrons. The van der Waals surface area contributed by atoms with Crippen LogP contribution in [0.4, 0.5) is 0 Å². The van der Waals surface area contributed by atoms with E-state index in [-0.39, 0.29) is 0 Å². The standard InChI is InChI=1S/C12H16O/c1-8(2)11-9(3)4-5-10-6-7-13-12(10)11/h4-5,8H,6-7H2,1-3H3. The smallest absolute Gasteiger partial charge is 0.126 e. The number of benzene rings is 1. The summed E-state index contributed by atoms with van der Waals surface area (Å²) in [6.07, 6.45) is 1.08. The fraction of sp³-hybridized carbons (Fsp3) is 0.500.